The number of ether oxygens (including phenoxy) is 1. The van der Waals surface area contributed by atoms with E-state index in [-0.39, 0.29) is 0 Å². The first kappa shape index (κ1) is 18.8. The summed E-state index contributed by atoms with van der Waals surface area (Å²) in [6.45, 7) is 2.18. The molecule has 0 spiro atoms. The molecule has 0 aromatic heterocycles. The molecule has 1 heterocycles. The van der Waals surface area contributed by atoms with Crippen molar-refractivity contribution >= 4 is 33.4 Å². The van der Waals surface area contributed by atoms with Crippen LogP contribution in [-0.2, 0) is 10.0 Å². The molecule has 2 aromatic rings. The fraction of sp³-hybridized carbons (Fsp3) is 0.263. The molecule has 0 bridgehead atoms. The number of methoxy groups -OCH3 is 1. The lowest BCUT2D eigenvalue weighted by atomic mass is 10.2. The summed E-state index contributed by atoms with van der Waals surface area (Å²) in [4.78, 5) is 2.16. The molecule has 2 aromatic carbocycles. The Morgan fingerprint density at radius 1 is 1.04 bits per heavy atom. The summed E-state index contributed by atoms with van der Waals surface area (Å²) in [7, 11) is -1.81. The molecule has 1 fully saturated rings. The third-order valence-electron chi connectivity index (χ3n) is 4.32. The van der Waals surface area contributed by atoms with E-state index in [1.807, 2.05) is 24.3 Å². The molecule has 26 heavy (non-hydrogen) atoms. The number of anilines is 1. The maximum absolute atomic E-state index is 12.5. The molecule has 1 aliphatic rings. The van der Waals surface area contributed by atoms with Crippen molar-refractivity contribution in [1.82, 2.24) is 4.31 Å². The first-order valence-corrected chi connectivity index (χ1v) is 10.2. The van der Waals surface area contributed by atoms with Crippen LogP contribution >= 0.6 is 11.6 Å². The predicted molar refractivity (Wildman–Crippen MR) is 106 cm³/mol. The Balaban J connectivity index is 1.63. The van der Waals surface area contributed by atoms with Crippen LogP contribution in [0.3, 0.4) is 0 Å². The zero-order valence-electron chi connectivity index (χ0n) is 14.5. The normalized spacial score (nSPS) is 16.2. The lowest BCUT2D eigenvalue weighted by Crippen LogP contribution is -2.48. The van der Waals surface area contributed by atoms with Gasteiger partial charge in [-0.15, -0.1) is 0 Å². The minimum atomic E-state index is -3.44. The molecule has 0 radical (unpaired) electrons. The summed E-state index contributed by atoms with van der Waals surface area (Å²) in [5.74, 6) is 0.795. The Morgan fingerprint density at radius 2 is 1.73 bits per heavy atom. The minimum Gasteiger partial charge on any atom is -0.497 e. The summed E-state index contributed by atoms with van der Waals surface area (Å²) in [6.07, 6.45) is 1.60. The van der Waals surface area contributed by atoms with Crippen molar-refractivity contribution in [2.24, 2.45) is 0 Å². The quantitative estimate of drug-likeness (QED) is 0.781. The van der Waals surface area contributed by atoms with Crippen LogP contribution in [0.1, 0.15) is 5.56 Å². The van der Waals surface area contributed by atoms with E-state index in [0.717, 1.165) is 17.0 Å². The molecule has 0 saturated carbocycles. The maximum atomic E-state index is 12.5. The summed E-state index contributed by atoms with van der Waals surface area (Å²) in [6, 6.07) is 14.8. The lowest BCUT2D eigenvalue weighted by Gasteiger charge is -2.34. The Morgan fingerprint density at radius 3 is 2.38 bits per heavy atom. The second-order valence-corrected chi connectivity index (χ2v) is 8.24. The van der Waals surface area contributed by atoms with Crippen LogP contribution in [0.2, 0.25) is 5.02 Å². The van der Waals surface area contributed by atoms with Crippen molar-refractivity contribution in [2.45, 2.75) is 0 Å². The highest BCUT2D eigenvalue weighted by Gasteiger charge is 2.25. The van der Waals surface area contributed by atoms with Gasteiger partial charge in [-0.25, -0.2) is 8.42 Å². The SMILES string of the molecule is COc1cccc(N2CCN(S(=O)(=O)/C=C/c3ccc(Cl)cc3)CC2)c1. The van der Waals surface area contributed by atoms with E-state index >= 15 is 0 Å². The number of rotatable bonds is 5. The monoisotopic (exact) mass is 392 g/mol. The van der Waals surface area contributed by atoms with E-state index in [0.29, 0.717) is 31.2 Å². The number of halogens is 1. The van der Waals surface area contributed by atoms with Crippen molar-refractivity contribution < 1.29 is 13.2 Å². The average Bonchev–Trinajstić information content (AvgIpc) is 2.68. The largest absolute Gasteiger partial charge is 0.497 e. The van der Waals surface area contributed by atoms with Crippen molar-refractivity contribution in [3.63, 3.8) is 0 Å². The Kier molecular flexibility index (Phi) is 5.86. The Labute approximate surface area is 159 Å². The molecular formula is C19H21ClN2O3S. The first-order chi connectivity index (χ1) is 12.5. The molecule has 138 valence electrons. The second kappa shape index (κ2) is 8.12. The first-order valence-electron chi connectivity index (χ1n) is 8.31. The fourth-order valence-electron chi connectivity index (χ4n) is 2.83. The molecule has 0 amide bonds. The maximum Gasteiger partial charge on any atom is 0.236 e. The van der Waals surface area contributed by atoms with Crippen LogP contribution in [0.25, 0.3) is 6.08 Å². The van der Waals surface area contributed by atoms with Gasteiger partial charge in [0.05, 0.1) is 7.11 Å². The average molecular weight is 393 g/mol. The van der Waals surface area contributed by atoms with Gasteiger partial charge >= 0.3 is 0 Å². The van der Waals surface area contributed by atoms with Crippen LogP contribution in [0.15, 0.2) is 53.9 Å². The summed E-state index contributed by atoms with van der Waals surface area (Å²) in [5, 5.41) is 1.89. The van der Waals surface area contributed by atoms with Crippen molar-refractivity contribution in [2.75, 3.05) is 38.2 Å². The fourth-order valence-corrected chi connectivity index (χ4v) is 4.13. The van der Waals surface area contributed by atoms with Gasteiger partial charge in [-0.1, -0.05) is 29.8 Å². The molecule has 0 N–H and O–H groups in total. The van der Waals surface area contributed by atoms with Crippen LogP contribution in [0.4, 0.5) is 5.69 Å². The van der Waals surface area contributed by atoms with Gasteiger partial charge in [0.1, 0.15) is 5.75 Å². The minimum absolute atomic E-state index is 0.449. The van der Waals surface area contributed by atoms with Crippen LogP contribution in [-0.4, -0.2) is 46.0 Å². The lowest BCUT2D eigenvalue weighted by molar-refractivity contribution is 0.389. The topological polar surface area (TPSA) is 49.9 Å². The van der Waals surface area contributed by atoms with Crippen molar-refractivity contribution in [3.05, 3.63) is 64.5 Å². The Hall–Kier alpha value is -2.02. The van der Waals surface area contributed by atoms with Gasteiger partial charge in [-0.05, 0) is 35.9 Å². The number of sulfonamides is 1. The standard InChI is InChI=1S/C19H21ClN2O3S/c1-25-19-4-2-3-18(15-19)21-10-12-22(13-11-21)26(23,24)14-9-16-5-7-17(20)8-6-16/h2-9,14-15H,10-13H2,1H3/b14-9+. The van der Waals surface area contributed by atoms with E-state index in [2.05, 4.69) is 4.90 Å². The molecule has 1 saturated heterocycles. The second-order valence-electron chi connectivity index (χ2n) is 5.99. The van der Waals surface area contributed by atoms with Gasteiger partial charge in [-0.3, -0.25) is 0 Å². The molecule has 7 heteroatoms. The molecular weight excluding hydrogens is 372 g/mol. The van der Waals surface area contributed by atoms with E-state index in [1.165, 1.54) is 9.71 Å². The zero-order valence-corrected chi connectivity index (χ0v) is 16.1. The van der Waals surface area contributed by atoms with E-state index in [1.54, 1.807) is 37.5 Å². The summed E-state index contributed by atoms with van der Waals surface area (Å²) < 4.78 is 31.9. The number of piperazine rings is 1. The smallest absolute Gasteiger partial charge is 0.236 e. The number of benzene rings is 2. The van der Waals surface area contributed by atoms with Crippen molar-refractivity contribution in [3.8, 4) is 5.75 Å². The van der Waals surface area contributed by atoms with Gasteiger partial charge in [0.2, 0.25) is 10.0 Å². The van der Waals surface area contributed by atoms with Crippen molar-refractivity contribution in [1.29, 1.82) is 0 Å². The number of nitrogens with zero attached hydrogens (tertiary/aromatic N) is 2. The summed E-state index contributed by atoms with van der Waals surface area (Å²) in [5.41, 5.74) is 1.84. The highest BCUT2D eigenvalue weighted by Crippen LogP contribution is 2.23. The van der Waals surface area contributed by atoms with Gasteiger partial charge in [0.15, 0.2) is 0 Å². The number of hydrogen-bond acceptors (Lipinski definition) is 4. The highest BCUT2D eigenvalue weighted by molar-refractivity contribution is 7.92. The summed E-state index contributed by atoms with van der Waals surface area (Å²) >= 11 is 5.84. The zero-order chi connectivity index (χ0) is 18.6. The van der Waals surface area contributed by atoms with Crippen LogP contribution in [0, 0.1) is 0 Å². The third-order valence-corrected chi connectivity index (χ3v) is 6.14. The molecule has 0 atom stereocenters. The van der Waals surface area contributed by atoms with Gasteiger partial charge in [-0.2, -0.15) is 4.31 Å². The van der Waals surface area contributed by atoms with E-state index in [4.69, 9.17) is 16.3 Å². The number of hydrogen-bond donors (Lipinski definition) is 0. The Bertz CT molecular complexity index is 874. The van der Waals surface area contributed by atoms with Gasteiger partial charge in [0, 0.05) is 48.4 Å². The van der Waals surface area contributed by atoms with Gasteiger partial charge < -0.3 is 9.64 Å². The van der Waals surface area contributed by atoms with Gasteiger partial charge in [0.25, 0.3) is 0 Å². The molecule has 5 nitrogen and oxygen atoms in total. The third kappa shape index (κ3) is 4.58. The predicted octanol–water partition coefficient (Wildman–Crippen LogP) is 3.47. The molecule has 0 unspecified atom stereocenters. The van der Waals surface area contributed by atoms with E-state index < -0.39 is 10.0 Å². The molecule has 1 aliphatic heterocycles. The van der Waals surface area contributed by atoms with Crippen LogP contribution < -0.4 is 9.64 Å². The molecule has 0 aliphatic carbocycles. The van der Waals surface area contributed by atoms with Crippen LogP contribution in [0.5, 0.6) is 5.75 Å². The molecule has 3 rings (SSSR count). The van der Waals surface area contributed by atoms with E-state index in [9.17, 15) is 8.42 Å². The highest BCUT2D eigenvalue weighted by atomic mass is 35.5.